The number of hydrogen-bond acceptors (Lipinski definition) is 5. The number of rotatable bonds is 4. The topological polar surface area (TPSA) is 93.6 Å². The third-order valence-corrected chi connectivity index (χ3v) is 6.57. The van der Waals surface area contributed by atoms with Crippen molar-refractivity contribution in [3.8, 4) is 5.75 Å². The molecule has 0 bridgehead atoms. The largest absolute Gasteiger partial charge is 0.478 e. The van der Waals surface area contributed by atoms with E-state index in [1.54, 1.807) is 31.3 Å². The maximum absolute atomic E-state index is 14.0. The van der Waals surface area contributed by atoms with Gasteiger partial charge in [-0.15, -0.1) is 0 Å². The number of ether oxygens (including phenoxy) is 1. The number of halogens is 3. The van der Waals surface area contributed by atoms with Gasteiger partial charge in [-0.1, -0.05) is 17.7 Å². The van der Waals surface area contributed by atoms with Gasteiger partial charge in [0.05, 0.1) is 16.1 Å². The number of urea groups is 1. The predicted molar refractivity (Wildman–Crippen MR) is 125 cm³/mol. The molecule has 2 amide bonds. The zero-order valence-corrected chi connectivity index (χ0v) is 19.8. The molecule has 1 unspecified atom stereocenters. The summed E-state index contributed by atoms with van der Waals surface area (Å²) in [7, 11) is 1.61. The first kappa shape index (κ1) is 22.4. The van der Waals surface area contributed by atoms with Crippen LogP contribution in [0.25, 0.3) is 16.5 Å². The van der Waals surface area contributed by atoms with Crippen LogP contribution in [0.3, 0.4) is 0 Å². The standard InChI is InChI=1S/C22H21BrClFN4O3/c1-11(17-15(24)3-4-16(25)18(17)23)32-20-19-13(9-28-21(20)26)14(10-31-19)12-5-7-29(8-6-12)22(30)27-2/h3-5,9-11H,6-8H2,1-2H3,(H2,26,28)(H,27,30). The Morgan fingerprint density at radius 3 is 2.94 bits per heavy atom. The fraction of sp³-hybridized carbons (Fsp3) is 0.273. The second-order valence-corrected chi connectivity index (χ2v) is 8.56. The molecule has 0 aliphatic carbocycles. The summed E-state index contributed by atoms with van der Waals surface area (Å²) in [5.41, 5.74) is 8.91. The minimum Gasteiger partial charge on any atom is -0.478 e. The van der Waals surface area contributed by atoms with E-state index in [9.17, 15) is 9.18 Å². The lowest BCUT2D eigenvalue weighted by molar-refractivity contribution is 0.205. The normalized spacial score (nSPS) is 14.9. The molecule has 1 aliphatic rings. The van der Waals surface area contributed by atoms with Gasteiger partial charge in [0, 0.05) is 42.5 Å². The lowest BCUT2D eigenvalue weighted by Crippen LogP contribution is -2.40. The second kappa shape index (κ2) is 8.99. The molecule has 7 nitrogen and oxygen atoms in total. The predicted octanol–water partition coefficient (Wildman–Crippen LogP) is 5.53. The molecule has 0 saturated heterocycles. The van der Waals surface area contributed by atoms with Gasteiger partial charge in [0.15, 0.2) is 11.4 Å². The van der Waals surface area contributed by atoms with Crippen LogP contribution in [0.1, 0.15) is 30.6 Å². The van der Waals surface area contributed by atoms with Crippen LogP contribution in [0.4, 0.5) is 15.0 Å². The van der Waals surface area contributed by atoms with Crippen molar-refractivity contribution in [1.29, 1.82) is 0 Å². The minimum atomic E-state index is -0.633. The fourth-order valence-corrected chi connectivity index (χ4v) is 4.84. The van der Waals surface area contributed by atoms with Gasteiger partial charge in [0.2, 0.25) is 5.75 Å². The molecule has 32 heavy (non-hydrogen) atoms. The summed E-state index contributed by atoms with van der Waals surface area (Å²) in [5, 5.41) is 3.73. The van der Waals surface area contributed by atoms with Crippen molar-refractivity contribution in [1.82, 2.24) is 15.2 Å². The van der Waals surface area contributed by atoms with Crippen molar-refractivity contribution in [3.63, 3.8) is 0 Å². The highest BCUT2D eigenvalue weighted by Crippen LogP contribution is 2.41. The van der Waals surface area contributed by atoms with Crippen molar-refractivity contribution < 1.29 is 18.3 Å². The number of hydrogen-bond donors (Lipinski definition) is 2. The number of aromatic nitrogens is 1. The van der Waals surface area contributed by atoms with Crippen LogP contribution in [0.2, 0.25) is 5.02 Å². The Morgan fingerprint density at radius 1 is 1.47 bits per heavy atom. The van der Waals surface area contributed by atoms with E-state index in [4.69, 9.17) is 26.5 Å². The number of nitrogens with zero attached hydrogens (tertiary/aromatic N) is 2. The van der Waals surface area contributed by atoms with Gasteiger partial charge in [0.25, 0.3) is 0 Å². The molecule has 3 heterocycles. The molecule has 1 atom stereocenters. The van der Waals surface area contributed by atoms with E-state index in [1.807, 2.05) is 6.08 Å². The molecule has 3 aromatic rings. The number of carbonyl (C=O) groups is 1. The number of pyridine rings is 1. The molecular formula is C22H21BrClFN4O3. The van der Waals surface area contributed by atoms with Crippen LogP contribution in [0.15, 0.2) is 39.6 Å². The highest BCUT2D eigenvalue weighted by Gasteiger charge is 2.24. The first-order valence-corrected chi connectivity index (χ1v) is 11.1. The Morgan fingerprint density at radius 2 is 2.25 bits per heavy atom. The molecule has 0 radical (unpaired) electrons. The summed E-state index contributed by atoms with van der Waals surface area (Å²) >= 11 is 9.52. The average Bonchev–Trinajstić information content (AvgIpc) is 3.22. The van der Waals surface area contributed by atoms with Crippen molar-refractivity contribution in [2.75, 3.05) is 25.9 Å². The van der Waals surface area contributed by atoms with Crippen molar-refractivity contribution in [2.24, 2.45) is 0 Å². The molecule has 2 aromatic heterocycles. The van der Waals surface area contributed by atoms with Crippen LogP contribution < -0.4 is 15.8 Å². The van der Waals surface area contributed by atoms with Gasteiger partial charge < -0.3 is 25.1 Å². The van der Waals surface area contributed by atoms with Gasteiger partial charge in [-0.2, -0.15) is 0 Å². The van der Waals surface area contributed by atoms with Crippen LogP contribution >= 0.6 is 27.5 Å². The molecule has 4 rings (SSSR count). The fourth-order valence-electron chi connectivity index (χ4n) is 3.75. The zero-order valence-electron chi connectivity index (χ0n) is 17.4. The third-order valence-electron chi connectivity index (χ3n) is 5.44. The molecule has 1 aromatic carbocycles. The van der Waals surface area contributed by atoms with E-state index in [2.05, 4.69) is 26.2 Å². The SMILES string of the molecule is CNC(=O)N1CC=C(c2coc3c(OC(C)c4c(Cl)ccc(F)c4Br)c(N)ncc23)CC1. The first-order valence-electron chi connectivity index (χ1n) is 9.93. The van der Waals surface area contributed by atoms with E-state index in [1.165, 1.54) is 12.1 Å². The van der Waals surface area contributed by atoms with Crippen molar-refractivity contribution in [3.05, 3.63) is 57.1 Å². The van der Waals surface area contributed by atoms with Crippen LogP contribution in [-0.4, -0.2) is 36.1 Å². The summed E-state index contributed by atoms with van der Waals surface area (Å²) in [5.74, 6) is -0.0336. The lowest BCUT2D eigenvalue weighted by Gasteiger charge is -2.25. The molecule has 0 saturated carbocycles. The highest BCUT2D eigenvalue weighted by atomic mass is 79.9. The number of nitrogens with one attached hydrogen (secondary N) is 1. The maximum Gasteiger partial charge on any atom is 0.317 e. The first-order chi connectivity index (χ1) is 15.3. The van der Waals surface area contributed by atoms with E-state index in [-0.39, 0.29) is 22.1 Å². The number of furan rings is 1. The number of amides is 2. The van der Waals surface area contributed by atoms with Crippen LogP contribution in [-0.2, 0) is 0 Å². The molecular weight excluding hydrogens is 503 g/mol. The number of nitrogens with two attached hydrogens (primary N) is 1. The van der Waals surface area contributed by atoms with Gasteiger partial charge >= 0.3 is 6.03 Å². The summed E-state index contributed by atoms with van der Waals surface area (Å²) in [6.07, 6.45) is 5.30. The summed E-state index contributed by atoms with van der Waals surface area (Å²) in [6.45, 7) is 2.83. The van der Waals surface area contributed by atoms with Crippen molar-refractivity contribution in [2.45, 2.75) is 19.4 Å². The number of fused-ring (bicyclic) bond motifs is 1. The van der Waals surface area contributed by atoms with Gasteiger partial charge in [-0.25, -0.2) is 14.2 Å². The lowest BCUT2D eigenvalue weighted by atomic mass is 9.99. The maximum atomic E-state index is 14.0. The number of benzene rings is 1. The Hall–Kier alpha value is -2.78. The van der Waals surface area contributed by atoms with Crippen LogP contribution in [0.5, 0.6) is 5.75 Å². The molecule has 10 heteroatoms. The number of anilines is 1. The minimum absolute atomic E-state index is 0.112. The summed E-state index contributed by atoms with van der Waals surface area (Å²) < 4.78 is 26.2. The van der Waals surface area contributed by atoms with Crippen molar-refractivity contribution >= 4 is 55.9 Å². The van der Waals surface area contributed by atoms with E-state index < -0.39 is 11.9 Å². The van der Waals surface area contributed by atoms with Gasteiger partial charge in [0.1, 0.15) is 11.9 Å². The summed E-state index contributed by atoms with van der Waals surface area (Å²) in [4.78, 5) is 17.8. The summed E-state index contributed by atoms with van der Waals surface area (Å²) in [6, 6.07) is 2.64. The van der Waals surface area contributed by atoms with E-state index >= 15 is 0 Å². The Balaban J connectivity index is 1.67. The Kier molecular flexibility index (Phi) is 6.30. The monoisotopic (exact) mass is 522 g/mol. The molecule has 0 spiro atoms. The third kappa shape index (κ3) is 4.02. The number of carbonyl (C=O) groups excluding carboxylic acids is 1. The second-order valence-electron chi connectivity index (χ2n) is 7.36. The number of nitrogen functional groups attached to an aromatic ring is 1. The average molecular weight is 524 g/mol. The molecule has 0 fully saturated rings. The van der Waals surface area contributed by atoms with E-state index in [0.717, 1.165) is 16.5 Å². The highest BCUT2D eigenvalue weighted by molar-refractivity contribution is 9.10. The molecule has 1 aliphatic heterocycles. The quantitative estimate of drug-likeness (QED) is 0.438. The zero-order chi connectivity index (χ0) is 23.0. The Labute approximate surface area is 197 Å². The molecule has 3 N–H and O–H groups in total. The van der Waals surface area contributed by atoms with Gasteiger partial charge in [-0.3, -0.25) is 0 Å². The Bertz CT molecular complexity index is 1230. The van der Waals surface area contributed by atoms with E-state index in [0.29, 0.717) is 35.7 Å². The van der Waals surface area contributed by atoms with Gasteiger partial charge in [-0.05, 0) is 47.0 Å². The van der Waals surface area contributed by atoms with Crippen LogP contribution in [0, 0.1) is 5.82 Å². The smallest absolute Gasteiger partial charge is 0.317 e. The molecule has 168 valence electrons.